The SMILES string of the molecule is CCN(C)c1ccc2c(c1)C(c1ccccc1)(c1ccccc1)c1cc3c(cc1-2)C(c1ccccc1)(c1ccccc1)c1cc(N(CC)c2cccc4c2-c2ccccc2C4)ccc1-3. The van der Waals surface area contributed by atoms with Crippen molar-refractivity contribution in [3.63, 3.8) is 0 Å². The zero-order chi connectivity index (χ0) is 43.0. The maximum absolute atomic E-state index is 2.60. The largest absolute Gasteiger partial charge is 0.375 e. The van der Waals surface area contributed by atoms with E-state index in [0.29, 0.717) is 0 Å². The van der Waals surface area contributed by atoms with Crippen molar-refractivity contribution in [2.24, 2.45) is 0 Å². The quantitative estimate of drug-likeness (QED) is 0.143. The highest BCUT2D eigenvalue weighted by atomic mass is 15.1. The maximum atomic E-state index is 2.60. The predicted octanol–water partition coefficient (Wildman–Crippen LogP) is 14.6. The first-order valence-corrected chi connectivity index (χ1v) is 23.0. The average Bonchev–Trinajstić information content (AvgIpc) is 3.99. The molecule has 0 atom stereocenters. The van der Waals surface area contributed by atoms with E-state index in [1.54, 1.807) is 0 Å². The molecule has 0 saturated carbocycles. The van der Waals surface area contributed by atoms with Crippen molar-refractivity contribution in [3.05, 3.63) is 268 Å². The molecule has 0 radical (unpaired) electrons. The third kappa shape index (κ3) is 5.32. The molecule has 0 saturated heterocycles. The minimum atomic E-state index is -0.587. The van der Waals surface area contributed by atoms with E-state index in [2.05, 4.69) is 243 Å². The van der Waals surface area contributed by atoms with Gasteiger partial charge in [0.15, 0.2) is 0 Å². The molecule has 3 aliphatic carbocycles. The van der Waals surface area contributed by atoms with Gasteiger partial charge in [-0.05, 0) is 146 Å². The Kier molecular flexibility index (Phi) is 8.88. The number of rotatable bonds is 9. The molecule has 9 aromatic carbocycles. The topological polar surface area (TPSA) is 6.48 Å². The second-order valence-corrected chi connectivity index (χ2v) is 17.8. The Labute approximate surface area is 377 Å². The summed E-state index contributed by atoms with van der Waals surface area (Å²) in [5, 5.41) is 0. The Balaban J connectivity index is 1.17. The van der Waals surface area contributed by atoms with E-state index in [1.165, 1.54) is 106 Å². The standard InChI is InChI=1S/C62H50N2/c1-4-63(3)48-33-35-51-53-40-58-54(41-57(53)61(55(51)38-48,44-23-10-6-11-24-44)45-25-12-7-13-26-45)52-36-34-49(39-56(52)62(58,46-27-14-8-15-28-46)47-29-16-9-17-30-47)64(5-2)59-32-20-22-43-37-42-21-18-19-31-50(42)60(43)59/h6-36,38-41H,4-5,37H2,1-3H3. The maximum Gasteiger partial charge on any atom is 0.0714 e. The van der Waals surface area contributed by atoms with Crippen molar-refractivity contribution >= 4 is 17.1 Å². The van der Waals surface area contributed by atoms with Crippen molar-refractivity contribution in [3.8, 4) is 33.4 Å². The monoisotopic (exact) mass is 822 g/mol. The number of anilines is 3. The summed E-state index contributed by atoms with van der Waals surface area (Å²) in [5.41, 5.74) is 23.7. The van der Waals surface area contributed by atoms with Crippen LogP contribution in [-0.4, -0.2) is 20.1 Å². The lowest BCUT2D eigenvalue weighted by Gasteiger charge is -2.36. The summed E-state index contributed by atoms with van der Waals surface area (Å²) in [4.78, 5) is 4.90. The average molecular weight is 823 g/mol. The highest BCUT2D eigenvalue weighted by molar-refractivity contribution is 5.97. The van der Waals surface area contributed by atoms with Crippen molar-refractivity contribution < 1.29 is 0 Å². The molecule has 0 unspecified atom stereocenters. The second-order valence-electron chi connectivity index (χ2n) is 17.8. The van der Waals surface area contributed by atoms with E-state index in [-0.39, 0.29) is 0 Å². The highest BCUT2D eigenvalue weighted by Gasteiger charge is 2.51. The van der Waals surface area contributed by atoms with Crippen LogP contribution in [0.25, 0.3) is 33.4 Å². The fourth-order valence-electron chi connectivity index (χ4n) is 11.9. The molecule has 9 aromatic rings. The molecule has 308 valence electrons. The van der Waals surface area contributed by atoms with Crippen LogP contribution >= 0.6 is 0 Å². The highest BCUT2D eigenvalue weighted by Crippen LogP contribution is 2.63. The molecular formula is C62H50N2. The Morgan fingerprint density at radius 3 is 1.31 bits per heavy atom. The molecule has 64 heavy (non-hydrogen) atoms. The number of fused-ring (bicyclic) bond motifs is 9. The summed E-state index contributed by atoms with van der Waals surface area (Å²) in [6.45, 7) is 6.29. The first-order valence-electron chi connectivity index (χ1n) is 23.0. The van der Waals surface area contributed by atoms with Gasteiger partial charge < -0.3 is 9.80 Å². The molecule has 0 fully saturated rings. The number of hydrogen-bond donors (Lipinski definition) is 0. The van der Waals surface area contributed by atoms with Crippen LogP contribution in [0.15, 0.2) is 212 Å². The van der Waals surface area contributed by atoms with Gasteiger partial charge in [-0.25, -0.2) is 0 Å². The molecular weight excluding hydrogens is 773 g/mol. The summed E-state index contributed by atoms with van der Waals surface area (Å²) < 4.78 is 0. The van der Waals surface area contributed by atoms with Crippen molar-refractivity contribution in [2.45, 2.75) is 31.1 Å². The molecule has 12 rings (SSSR count). The van der Waals surface area contributed by atoms with E-state index < -0.39 is 10.8 Å². The minimum absolute atomic E-state index is 0.541. The second kappa shape index (κ2) is 14.9. The lowest BCUT2D eigenvalue weighted by Crippen LogP contribution is -2.30. The lowest BCUT2D eigenvalue weighted by molar-refractivity contribution is 0.758. The summed E-state index contributed by atoms with van der Waals surface area (Å²) >= 11 is 0. The summed E-state index contributed by atoms with van der Waals surface area (Å²) in [5.74, 6) is 0. The molecule has 0 N–H and O–H groups in total. The van der Waals surface area contributed by atoms with Gasteiger partial charge in [-0.3, -0.25) is 0 Å². The molecule has 3 aliphatic rings. The Bertz CT molecular complexity index is 3150. The van der Waals surface area contributed by atoms with Crippen molar-refractivity contribution in [1.82, 2.24) is 0 Å². The van der Waals surface area contributed by atoms with Gasteiger partial charge in [0.2, 0.25) is 0 Å². The van der Waals surface area contributed by atoms with Gasteiger partial charge in [0.25, 0.3) is 0 Å². The first-order chi connectivity index (χ1) is 31.6. The molecule has 0 amide bonds. The number of hydrogen-bond acceptors (Lipinski definition) is 2. The van der Waals surface area contributed by atoms with Crippen LogP contribution < -0.4 is 9.80 Å². The Hall–Kier alpha value is -7.42. The predicted molar refractivity (Wildman–Crippen MR) is 267 cm³/mol. The van der Waals surface area contributed by atoms with E-state index in [9.17, 15) is 0 Å². The molecule has 2 heteroatoms. The fourth-order valence-corrected chi connectivity index (χ4v) is 11.9. The van der Waals surface area contributed by atoms with Crippen molar-refractivity contribution in [2.75, 3.05) is 29.9 Å². The molecule has 0 heterocycles. The third-order valence-corrected chi connectivity index (χ3v) is 14.8. The zero-order valence-corrected chi connectivity index (χ0v) is 36.7. The van der Waals surface area contributed by atoms with Crippen LogP contribution in [0.1, 0.15) is 69.5 Å². The number of benzene rings is 9. The minimum Gasteiger partial charge on any atom is -0.375 e. The van der Waals surface area contributed by atoms with Gasteiger partial charge in [0.05, 0.1) is 10.8 Å². The first kappa shape index (κ1) is 38.3. The van der Waals surface area contributed by atoms with E-state index >= 15 is 0 Å². The van der Waals surface area contributed by atoms with E-state index in [4.69, 9.17) is 0 Å². The molecule has 0 aromatic heterocycles. The normalized spacial score (nSPS) is 14.2. The molecule has 0 spiro atoms. The molecule has 0 aliphatic heterocycles. The number of nitrogens with zero attached hydrogens (tertiary/aromatic N) is 2. The van der Waals surface area contributed by atoms with Gasteiger partial charge >= 0.3 is 0 Å². The van der Waals surface area contributed by atoms with Gasteiger partial charge in [-0.15, -0.1) is 0 Å². The molecule has 0 bridgehead atoms. The van der Waals surface area contributed by atoms with Crippen LogP contribution in [0.4, 0.5) is 17.1 Å². The van der Waals surface area contributed by atoms with Crippen LogP contribution in [0.3, 0.4) is 0 Å². The van der Waals surface area contributed by atoms with E-state index in [0.717, 1.165) is 19.5 Å². The Morgan fingerprint density at radius 2 is 0.812 bits per heavy atom. The Morgan fingerprint density at radius 1 is 0.375 bits per heavy atom. The van der Waals surface area contributed by atoms with Gasteiger partial charge in [-0.2, -0.15) is 0 Å². The van der Waals surface area contributed by atoms with E-state index in [1.807, 2.05) is 0 Å². The summed E-state index contributed by atoms with van der Waals surface area (Å²) in [7, 11) is 2.20. The van der Waals surface area contributed by atoms with Crippen LogP contribution in [0, 0.1) is 0 Å². The van der Waals surface area contributed by atoms with Gasteiger partial charge in [-0.1, -0.05) is 170 Å². The van der Waals surface area contributed by atoms with Crippen molar-refractivity contribution in [1.29, 1.82) is 0 Å². The van der Waals surface area contributed by atoms with Crippen LogP contribution in [-0.2, 0) is 17.3 Å². The summed E-state index contributed by atoms with van der Waals surface area (Å²) in [6.07, 6.45) is 0.972. The third-order valence-electron chi connectivity index (χ3n) is 14.8. The fraction of sp³-hybridized carbons (Fsp3) is 0.129. The van der Waals surface area contributed by atoms with Crippen LogP contribution in [0.2, 0.25) is 0 Å². The smallest absolute Gasteiger partial charge is 0.0714 e. The molecule has 2 nitrogen and oxygen atoms in total. The lowest BCUT2D eigenvalue weighted by atomic mass is 9.66. The van der Waals surface area contributed by atoms with Gasteiger partial charge in [0.1, 0.15) is 0 Å². The zero-order valence-electron chi connectivity index (χ0n) is 36.7. The van der Waals surface area contributed by atoms with Crippen LogP contribution in [0.5, 0.6) is 0 Å². The van der Waals surface area contributed by atoms with Gasteiger partial charge in [0, 0.05) is 42.8 Å². The summed E-state index contributed by atoms with van der Waals surface area (Å²) in [6, 6.07) is 80.6.